The molecule has 0 aromatic rings. The normalized spacial score (nSPS) is 16.9. The standard InChI is InChI=1S/C17H33F3N4O2/c1-3-21-16(23-8-9-24(2)14-17(18,19)20)22-7-4-10-26-13-15-5-11-25-12-6-15/h15H,3-14H2,1-2H3,(H2,21,22,23). The molecule has 1 fully saturated rings. The summed E-state index contributed by atoms with van der Waals surface area (Å²) in [6.07, 6.45) is -1.23. The van der Waals surface area contributed by atoms with Crippen LogP contribution in [0, 0.1) is 5.92 Å². The van der Waals surface area contributed by atoms with Gasteiger partial charge < -0.3 is 20.1 Å². The highest BCUT2D eigenvalue weighted by Crippen LogP contribution is 2.15. The van der Waals surface area contributed by atoms with E-state index in [0.29, 0.717) is 38.1 Å². The zero-order valence-electron chi connectivity index (χ0n) is 15.9. The lowest BCUT2D eigenvalue weighted by molar-refractivity contribution is -0.142. The molecule has 0 amide bonds. The van der Waals surface area contributed by atoms with Crippen LogP contribution in [0.3, 0.4) is 0 Å². The largest absolute Gasteiger partial charge is 0.401 e. The van der Waals surface area contributed by atoms with Crippen LogP contribution in [-0.4, -0.2) is 83.2 Å². The summed E-state index contributed by atoms with van der Waals surface area (Å²) in [4.78, 5) is 5.66. The monoisotopic (exact) mass is 382 g/mol. The molecule has 1 aliphatic rings. The second-order valence-electron chi connectivity index (χ2n) is 6.52. The summed E-state index contributed by atoms with van der Waals surface area (Å²) < 4.78 is 47.9. The van der Waals surface area contributed by atoms with Crippen LogP contribution in [0.4, 0.5) is 13.2 Å². The highest BCUT2D eigenvalue weighted by molar-refractivity contribution is 5.79. The third kappa shape index (κ3) is 12.3. The quantitative estimate of drug-likeness (QED) is 0.325. The van der Waals surface area contributed by atoms with Gasteiger partial charge in [0, 0.05) is 52.6 Å². The van der Waals surface area contributed by atoms with Crippen molar-refractivity contribution < 1.29 is 22.6 Å². The number of hydrogen-bond donors (Lipinski definition) is 2. The average molecular weight is 382 g/mol. The van der Waals surface area contributed by atoms with Crippen molar-refractivity contribution in [2.24, 2.45) is 10.9 Å². The predicted octanol–water partition coefficient (Wildman–Crippen LogP) is 1.87. The van der Waals surface area contributed by atoms with Gasteiger partial charge in [0.1, 0.15) is 0 Å². The number of aliphatic imine (C=N–C) groups is 1. The third-order valence-electron chi connectivity index (χ3n) is 3.99. The van der Waals surface area contributed by atoms with E-state index in [2.05, 4.69) is 15.6 Å². The van der Waals surface area contributed by atoms with E-state index in [0.717, 1.165) is 39.1 Å². The first-order valence-corrected chi connectivity index (χ1v) is 9.33. The summed E-state index contributed by atoms with van der Waals surface area (Å²) in [5.74, 6) is 1.22. The maximum Gasteiger partial charge on any atom is 0.401 e. The van der Waals surface area contributed by atoms with Gasteiger partial charge in [-0.2, -0.15) is 13.2 Å². The van der Waals surface area contributed by atoms with Crippen LogP contribution < -0.4 is 10.6 Å². The Morgan fingerprint density at radius 2 is 2.00 bits per heavy atom. The van der Waals surface area contributed by atoms with Crippen molar-refractivity contribution in [3.63, 3.8) is 0 Å². The maximum absolute atomic E-state index is 12.3. The van der Waals surface area contributed by atoms with E-state index < -0.39 is 12.7 Å². The van der Waals surface area contributed by atoms with E-state index in [1.807, 2.05) is 6.92 Å². The first-order chi connectivity index (χ1) is 12.4. The molecule has 1 saturated heterocycles. The highest BCUT2D eigenvalue weighted by atomic mass is 19.4. The van der Waals surface area contributed by atoms with Crippen LogP contribution in [0.15, 0.2) is 4.99 Å². The van der Waals surface area contributed by atoms with Gasteiger partial charge in [-0.3, -0.25) is 9.89 Å². The average Bonchev–Trinajstić information content (AvgIpc) is 2.57. The van der Waals surface area contributed by atoms with Gasteiger partial charge in [-0.05, 0) is 39.2 Å². The van der Waals surface area contributed by atoms with E-state index in [4.69, 9.17) is 9.47 Å². The minimum atomic E-state index is -4.17. The highest BCUT2D eigenvalue weighted by Gasteiger charge is 2.28. The molecule has 0 atom stereocenters. The molecule has 1 aliphatic heterocycles. The Bertz CT molecular complexity index is 389. The summed E-state index contributed by atoms with van der Waals surface area (Å²) in [5.41, 5.74) is 0. The van der Waals surface area contributed by atoms with E-state index in [1.165, 1.54) is 11.9 Å². The Morgan fingerprint density at radius 1 is 1.27 bits per heavy atom. The minimum absolute atomic E-state index is 0.290. The number of nitrogens with one attached hydrogen (secondary N) is 2. The van der Waals surface area contributed by atoms with E-state index in [9.17, 15) is 13.2 Å². The van der Waals surface area contributed by atoms with Crippen molar-refractivity contribution in [2.75, 3.05) is 66.2 Å². The predicted molar refractivity (Wildman–Crippen MR) is 96.5 cm³/mol. The Labute approximate surface area is 154 Å². The SMILES string of the molecule is CCNC(=NCCCOCC1CCOCC1)NCCN(C)CC(F)(F)F. The fourth-order valence-corrected chi connectivity index (χ4v) is 2.61. The Balaban J connectivity index is 2.13. The van der Waals surface area contributed by atoms with Crippen molar-refractivity contribution in [1.82, 2.24) is 15.5 Å². The molecule has 9 heteroatoms. The number of halogens is 3. The van der Waals surface area contributed by atoms with Crippen LogP contribution in [0.25, 0.3) is 0 Å². The fraction of sp³-hybridized carbons (Fsp3) is 0.941. The van der Waals surface area contributed by atoms with E-state index in [-0.39, 0.29) is 6.54 Å². The zero-order chi connectivity index (χ0) is 19.3. The van der Waals surface area contributed by atoms with Crippen molar-refractivity contribution in [2.45, 2.75) is 32.4 Å². The number of rotatable bonds is 11. The lowest BCUT2D eigenvalue weighted by atomic mass is 10.0. The molecule has 0 radical (unpaired) electrons. The van der Waals surface area contributed by atoms with Gasteiger partial charge in [0.05, 0.1) is 6.54 Å². The first kappa shape index (κ1) is 23.0. The smallest absolute Gasteiger partial charge is 0.381 e. The molecular formula is C17H33F3N4O2. The van der Waals surface area contributed by atoms with E-state index >= 15 is 0 Å². The number of hydrogen-bond acceptors (Lipinski definition) is 4. The lowest BCUT2D eigenvalue weighted by Crippen LogP contribution is -2.42. The third-order valence-corrected chi connectivity index (χ3v) is 3.99. The molecule has 2 N–H and O–H groups in total. The van der Waals surface area contributed by atoms with Gasteiger partial charge in [-0.1, -0.05) is 0 Å². The van der Waals surface area contributed by atoms with Crippen LogP contribution >= 0.6 is 0 Å². The Morgan fingerprint density at radius 3 is 2.65 bits per heavy atom. The maximum atomic E-state index is 12.3. The fourth-order valence-electron chi connectivity index (χ4n) is 2.61. The van der Waals surface area contributed by atoms with Gasteiger partial charge in [-0.25, -0.2) is 0 Å². The van der Waals surface area contributed by atoms with Gasteiger partial charge in [0.15, 0.2) is 5.96 Å². The van der Waals surface area contributed by atoms with Gasteiger partial charge >= 0.3 is 6.18 Å². The molecule has 0 aromatic heterocycles. The molecule has 0 bridgehead atoms. The van der Waals surface area contributed by atoms with Crippen molar-refractivity contribution >= 4 is 5.96 Å². The number of nitrogens with zero attached hydrogens (tertiary/aromatic N) is 2. The lowest BCUT2D eigenvalue weighted by Gasteiger charge is -2.21. The van der Waals surface area contributed by atoms with Crippen LogP contribution in [0.5, 0.6) is 0 Å². The summed E-state index contributed by atoms with van der Waals surface area (Å²) in [7, 11) is 1.45. The zero-order valence-corrected chi connectivity index (χ0v) is 15.9. The molecule has 0 unspecified atom stereocenters. The summed E-state index contributed by atoms with van der Waals surface area (Å²) in [5, 5.41) is 6.15. The molecule has 0 aromatic carbocycles. The van der Waals surface area contributed by atoms with Crippen molar-refractivity contribution in [1.29, 1.82) is 0 Å². The number of alkyl halides is 3. The van der Waals surface area contributed by atoms with E-state index in [1.54, 1.807) is 0 Å². The topological polar surface area (TPSA) is 58.1 Å². The number of likely N-dealkylation sites (N-methyl/N-ethyl adjacent to an activating group) is 1. The Hall–Kier alpha value is -1.06. The second kappa shape index (κ2) is 13.2. The summed E-state index contributed by atoms with van der Waals surface area (Å²) in [6, 6.07) is 0. The molecule has 6 nitrogen and oxygen atoms in total. The minimum Gasteiger partial charge on any atom is -0.381 e. The van der Waals surface area contributed by atoms with Gasteiger partial charge in [0.25, 0.3) is 0 Å². The number of guanidine groups is 1. The van der Waals surface area contributed by atoms with Crippen LogP contribution in [0.2, 0.25) is 0 Å². The molecule has 26 heavy (non-hydrogen) atoms. The molecule has 154 valence electrons. The van der Waals surface area contributed by atoms with Crippen molar-refractivity contribution in [3.8, 4) is 0 Å². The molecule has 0 saturated carbocycles. The van der Waals surface area contributed by atoms with Crippen molar-refractivity contribution in [3.05, 3.63) is 0 Å². The summed E-state index contributed by atoms with van der Waals surface area (Å²) in [6.45, 7) is 6.13. The van der Waals surface area contributed by atoms with Gasteiger partial charge in [-0.15, -0.1) is 0 Å². The van der Waals surface area contributed by atoms with Crippen LogP contribution in [0.1, 0.15) is 26.2 Å². The molecule has 0 spiro atoms. The Kier molecular flexibility index (Phi) is 11.6. The molecular weight excluding hydrogens is 349 g/mol. The molecule has 0 aliphatic carbocycles. The first-order valence-electron chi connectivity index (χ1n) is 9.33. The van der Waals surface area contributed by atoms with Crippen LogP contribution in [-0.2, 0) is 9.47 Å². The molecule has 1 rings (SSSR count). The molecule has 1 heterocycles. The van der Waals surface area contributed by atoms with Gasteiger partial charge in [0.2, 0.25) is 0 Å². The summed E-state index contributed by atoms with van der Waals surface area (Å²) >= 11 is 0. The number of ether oxygens (including phenoxy) is 2. The second-order valence-corrected chi connectivity index (χ2v) is 6.52.